The first-order chi connectivity index (χ1) is 12.1. The highest BCUT2D eigenvalue weighted by molar-refractivity contribution is 14.0. The first-order valence-electron chi connectivity index (χ1n) is 7.53. The fraction of sp³-hybridized carbons (Fsp3) is 0.222. The predicted octanol–water partition coefficient (Wildman–Crippen LogP) is 3.04. The van der Waals surface area contributed by atoms with E-state index in [9.17, 15) is 4.79 Å². The van der Waals surface area contributed by atoms with Crippen LogP contribution in [0.25, 0.3) is 0 Å². The third kappa shape index (κ3) is 5.80. The fourth-order valence-electron chi connectivity index (χ4n) is 2.16. The number of hydrogen-bond donors (Lipinski definition) is 2. The molecule has 0 bridgehead atoms. The number of nitrogens with zero attached hydrogens (tertiary/aromatic N) is 1. The van der Waals surface area contributed by atoms with Crippen molar-refractivity contribution in [2.24, 2.45) is 10.7 Å². The highest BCUT2D eigenvalue weighted by Gasteiger charge is 2.13. The topological polar surface area (TPSA) is 95.2 Å². The number of anilines is 1. The van der Waals surface area contributed by atoms with Crippen LogP contribution in [0.3, 0.4) is 0 Å². The molecule has 0 heterocycles. The number of aliphatic imine (C=N–C) groups is 1. The van der Waals surface area contributed by atoms with Crippen molar-refractivity contribution >= 4 is 41.6 Å². The van der Waals surface area contributed by atoms with Gasteiger partial charge in [0.2, 0.25) is 0 Å². The molecule has 0 atom stereocenters. The Hall–Kier alpha value is -2.49. The third-order valence-corrected chi connectivity index (χ3v) is 3.46. The molecule has 3 N–H and O–H groups in total. The Bertz CT molecular complexity index is 764. The summed E-state index contributed by atoms with van der Waals surface area (Å²) < 4.78 is 15.0. The lowest BCUT2D eigenvalue weighted by atomic mass is 10.1. The number of nitrogens with one attached hydrogen (secondary N) is 1. The van der Waals surface area contributed by atoms with Crippen LogP contribution in [0.4, 0.5) is 5.69 Å². The van der Waals surface area contributed by atoms with E-state index in [2.05, 4.69) is 10.3 Å². The van der Waals surface area contributed by atoms with Gasteiger partial charge in [0, 0.05) is 5.69 Å². The quantitative estimate of drug-likeness (QED) is 0.291. The molecule has 0 amide bonds. The minimum Gasteiger partial charge on any atom is -0.497 e. The standard InChI is InChI=1S/C18H21N3O4.HI/c1-23-14-7-5-13(6-8-14)21-18(19)20-11-12-4-9-16(24-2)15(10-12)17(22)25-3;/h4-10H,11H2,1-3H3,(H3,19,20,21);1H. The van der Waals surface area contributed by atoms with Crippen LogP contribution in [-0.2, 0) is 11.3 Å². The Morgan fingerprint density at radius 3 is 2.35 bits per heavy atom. The van der Waals surface area contributed by atoms with Crippen LogP contribution in [0, 0.1) is 0 Å². The monoisotopic (exact) mass is 471 g/mol. The number of benzene rings is 2. The Morgan fingerprint density at radius 2 is 1.77 bits per heavy atom. The van der Waals surface area contributed by atoms with E-state index < -0.39 is 5.97 Å². The number of rotatable bonds is 6. The summed E-state index contributed by atoms with van der Waals surface area (Å²) in [6.45, 7) is 0.309. The van der Waals surface area contributed by atoms with Gasteiger partial charge >= 0.3 is 5.97 Å². The molecular formula is C18H22IN3O4. The van der Waals surface area contributed by atoms with E-state index in [0.29, 0.717) is 17.9 Å². The molecule has 140 valence electrons. The molecule has 0 spiro atoms. The second-order valence-electron chi connectivity index (χ2n) is 5.08. The van der Waals surface area contributed by atoms with Gasteiger partial charge in [-0.15, -0.1) is 24.0 Å². The molecule has 0 aromatic heterocycles. The van der Waals surface area contributed by atoms with E-state index in [0.717, 1.165) is 17.0 Å². The number of halogens is 1. The summed E-state index contributed by atoms with van der Waals surface area (Å²) in [5, 5.41) is 2.99. The molecule has 2 aromatic carbocycles. The summed E-state index contributed by atoms with van der Waals surface area (Å²) in [5.41, 5.74) is 7.85. The smallest absolute Gasteiger partial charge is 0.341 e. The molecule has 2 rings (SSSR count). The number of nitrogens with two attached hydrogens (primary N) is 1. The van der Waals surface area contributed by atoms with Crippen LogP contribution in [-0.4, -0.2) is 33.3 Å². The lowest BCUT2D eigenvalue weighted by molar-refractivity contribution is 0.0597. The second-order valence-corrected chi connectivity index (χ2v) is 5.08. The van der Waals surface area contributed by atoms with Crippen molar-refractivity contribution in [2.75, 3.05) is 26.6 Å². The van der Waals surface area contributed by atoms with Gasteiger partial charge in [0.1, 0.15) is 17.1 Å². The minimum atomic E-state index is -0.466. The largest absolute Gasteiger partial charge is 0.497 e. The van der Waals surface area contributed by atoms with Crippen molar-refractivity contribution < 1.29 is 19.0 Å². The van der Waals surface area contributed by atoms with E-state index in [1.54, 1.807) is 19.2 Å². The van der Waals surface area contributed by atoms with E-state index in [1.165, 1.54) is 14.2 Å². The second kappa shape index (κ2) is 10.5. The summed E-state index contributed by atoms with van der Waals surface area (Å²) in [6, 6.07) is 12.5. The molecule has 0 unspecified atom stereocenters. The molecule has 0 saturated heterocycles. The number of esters is 1. The zero-order valence-corrected chi connectivity index (χ0v) is 17.1. The van der Waals surface area contributed by atoms with Crippen LogP contribution in [0.2, 0.25) is 0 Å². The van der Waals surface area contributed by atoms with Gasteiger partial charge in [0.15, 0.2) is 5.96 Å². The van der Waals surface area contributed by atoms with Crippen molar-refractivity contribution in [1.29, 1.82) is 0 Å². The average Bonchev–Trinajstić information content (AvgIpc) is 2.66. The normalized spacial score (nSPS) is 10.5. The highest BCUT2D eigenvalue weighted by Crippen LogP contribution is 2.21. The molecule has 0 aliphatic heterocycles. The van der Waals surface area contributed by atoms with Crippen molar-refractivity contribution in [3.63, 3.8) is 0 Å². The Balaban J connectivity index is 0.00000338. The number of ether oxygens (including phenoxy) is 3. The van der Waals surface area contributed by atoms with Gasteiger partial charge in [0.25, 0.3) is 0 Å². The maximum Gasteiger partial charge on any atom is 0.341 e. The molecular weight excluding hydrogens is 449 g/mol. The van der Waals surface area contributed by atoms with E-state index in [1.807, 2.05) is 30.3 Å². The molecule has 0 aliphatic rings. The van der Waals surface area contributed by atoms with Crippen molar-refractivity contribution in [1.82, 2.24) is 0 Å². The molecule has 7 nitrogen and oxygen atoms in total. The predicted molar refractivity (Wildman–Crippen MR) is 112 cm³/mol. The van der Waals surface area contributed by atoms with Gasteiger partial charge in [-0.3, -0.25) is 0 Å². The molecule has 0 aliphatic carbocycles. The lowest BCUT2D eigenvalue weighted by Crippen LogP contribution is -2.22. The fourth-order valence-corrected chi connectivity index (χ4v) is 2.16. The summed E-state index contributed by atoms with van der Waals surface area (Å²) in [7, 11) is 4.43. The van der Waals surface area contributed by atoms with Crippen LogP contribution < -0.4 is 20.5 Å². The molecule has 26 heavy (non-hydrogen) atoms. The van der Waals surface area contributed by atoms with Crippen LogP contribution in [0.5, 0.6) is 11.5 Å². The Morgan fingerprint density at radius 1 is 1.08 bits per heavy atom. The van der Waals surface area contributed by atoms with Gasteiger partial charge in [-0.05, 0) is 42.0 Å². The van der Waals surface area contributed by atoms with Gasteiger partial charge in [0.05, 0.1) is 27.9 Å². The number of carbonyl (C=O) groups excluding carboxylic acids is 1. The highest BCUT2D eigenvalue weighted by atomic mass is 127. The van der Waals surface area contributed by atoms with Crippen molar-refractivity contribution in [3.05, 3.63) is 53.6 Å². The zero-order chi connectivity index (χ0) is 18.2. The Kier molecular flexibility index (Phi) is 8.70. The van der Waals surface area contributed by atoms with E-state index >= 15 is 0 Å². The zero-order valence-electron chi connectivity index (χ0n) is 14.8. The molecule has 2 aromatic rings. The number of hydrogen-bond acceptors (Lipinski definition) is 5. The molecule has 8 heteroatoms. The van der Waals surface area contributed by atoms with Crippen LogP contribution >= 0.6 is 24.0 Å². The van der Waals surface area contributed by atoms with Crippen LogP contribution in [0.1, 0.15) is 15.9 Å². The molecule has 0 saturated carbocycles. The number of carbonyl (C=O) groups is 1. The van der Waals surface area contributed by atoms with Gasteiger partial charge in [-0.2, -0.15) is 0 Å². The van der Waals surface area contributed by atoms with Gasteiger partial charge < -0.3 is 25.3 Å². The van der Waals surface area contributed by atoms with Crippen molar-refractivity contribution in [2.45, 2.75) is 6.54 Å². The SMILES string of the molecule is COC(=O)c1cc(CN=C(N)Nc2ccc(OC)cc2)ccc1OC.I. The number of guanidine groups is 1. The summed E-state index contributed by atoms with van der Waals surface area (Å²) in [4.78, 5) is 16.1. The Labute approximate surface area is 169 Å². The average molecular weight is 471 g/mol. The van der Waals surface area contributed by atoms with Gasteiger partial charge in [-0.25, -0.2) is 9.79 Å². The molecule has 0 radical (unpaired) electrons. The first-order valence-corrected chi connectivity index (χ1v) is 7.53. The van der Waals surface area contributed by atoms with E-state index in [4.69, 9.17) is 19.9 Å². The van der Waals surface area contributed by atoms with E-state index in [-0.39, 0.29) is 29.9 Å². The maximum absolute atomic E-state index is 11.8. The summed E-state index contributed by atoms with van der Waals surface area (Å²) in [5.74, 6) is 1.01. The van der Waals surface area contributed by atoms with Crippen molar-refractivity contribution in [3.8, 4) is 11.5 Å². The maximum atomic E-state index is 11.8. The minimum absolute atomic E-state index is 0. The van der Waals surface area contributed by atoms with Gasteiger partial charge in [-0.1, -0.05) is 6.07 Å². The molecule has 0 fully saturated rings. The number of methoxy groups -OCH3 is 3. The third-order valence-electron chi connectivity index (χ3n) is 3.46. The lowest BCUT2D eigenvalue weighted by Gasteiger charge is -2.09. The first kappa shape index (κ1) is 21.6. The summed E-state index contributed by atoms with van der Waals surface area (Å²) in [6.07, 6.45) is 0. The summed E-state index contributed by atoms with van der Waals surface area (Å²) >= 11 is 0. The van der Waals surface area contributed by atoms with Crippen LogP contribution in [0.15, 0.2) is 47.5 Å².